The van der Waals surface area contributed by atoms with Crippen LogP contribution in [-0.2, 0) is 24.5 Å². The molecule has 0 spiro atoms. The lowest BCUT2D eigenvalue weighted by atomic mass is 10.1. The third kappa shape index (κ3) is 4.35. The molecule has 0 amide bonds. The van der Waals surface area contributed by atoms with Crippen LogP contribution in [0.5, 0.6) is 0 Å². The molecule has 0 saturated heterocycles. The summed E-state index contributed by atoms with van der Waals surface area (Å²) in [5, 5.41) is 0. The maximum absolute atomic E-state index is 6.06. The van der Waals surface area contributed by atoms with Crippen molar-refractivity contribution in [2.24, 2.45) is 0 Å². The number of imidazole rings is 1. The van der Waals surface area contributed by atoms with Gasteiger partial charge in [-0.15, -0.1) is 0 Å². The average Bonchev–Trinajstić information content (AvgIpc) is 3.12. The molecule has 0 aliphatic rings. The molecular formula is C24H23N3O. The third-order valence-corrected chi connectivity index (χ3v) is 4.66. The maximum Gasteiger partial charge on any atom is 0.0959 e. The van der Waals surface area contributed by atoms with E-state index < -0.39 is 0 Å². The molecule has 0 aliphatic heterocycles. The average molecular weight is 369 g/mol. The highest BCUT2D eigenvalue weighted by atomic mass is 16.5. The molecule has 0 radical (unpaired) electrons. The number of hydrogen-bond acceptors (Lipinski definition) is 3. The first kappa shape index (κ1) is 18.1. The van der Waals surface area contributed by atoms with Crippen molar-refractivity contribution in [3.8, 4) is 11.3 Å². The van der Waals surface area contributed by atoms with Gasteiger partial charge in [-0.2, -0.15) is 0 Å². The van der Waals surface area contributed by atoms with E-state index in [2.05, 4.69) is 39.9 Å². The van der Waals surface area contributed by atoms with E-state index in [1.54, 1.807) is 0 Å². The van der Waals surface area contributed by atoms with Gasteiger partial charge in [0.15, 0.2) is 0 Å². The van der Waals surface area contributed by atoms with E-state index in [4.69, 9.17) is 9.72 Å². The summed E-state index contributed by atoms with van der Waals surface area (Å²) >= 11 is 0. The smallest absolute Gasteiger partial charge is 0.0959 e. The van der Waals surface area contributed by atoms with E-state index in [9.17, 15) is 0 Å². The summed E-state index contributed by atoms with van der Waals surface area (Å²) in [5.74, 6) is 0. The molecule has 0 aliphatic carbocycles. The minimum Gasteiger partial charge on any atom is -0.370 e. The lowest BCUT2D eigenvalue weighted by Gasteiger charge is -2.12. The zero-order valence-corrected chi connectivity index (χ0v) is 16.0. The lowest BCUT2D eigenvalue weighted by Crippen LogP contribution is -2.07. The van der Waals surface area contributed by atoms with E-state index in [0.29, 0.717) is 13.2 Å². The van der Waals surface area contributed by atoms with Crippen LogP contribution in [0, 0.1) is 6.92 Å². The number of ether oxygens (including phenoxy) is 1. The molecule has 0 bridgehead atoms. The van der Waals surface area contributed by atoms with E-state index in [-0.39, 0.29) is 0 Å². The van der Waals surface area contributed by atoms with Crippen molar-refractivity contribution in [3.63, 3.8) is 0 Å². The molecule has 0 fully saturated rings. The van der Waals surface area contributed by atoms with Gasteiger partial charge in [0.05, 0.1) is 30.9 Å². The molecule has 28 heavy (non-hydrogen) atoms. The van der Waals surface area contributed by atoms with Crippen molar-refractivity contribution in [2.75, 3.05) is 0 Å². The topological polar surface area (TPSA) is 39.9 Å². The summed E-state index contributed by atoms with van der Waals surface area (Å²) in [7, 11) is 0. The van der Waals surface area contributed by atoms with Gasteiger partial charge in [0.25, 0.3) is 0 Å². The van der Waals surface area contributed by atoms with Crippen molar-refractivity contribution in [2.45, 2.75) is 26.7 Å². The van der Waals surface area contributed by atoms with Crippen LogP contribution in [0.4, 0.5) is 0 Å². The zero-order chi connectivity index (χ0) is 19.2. The van der Waals surface area contributed by atoms with Gasteiger partial charge in [-0.3, -0.25) is 4.98 Å². The second kappa shape index (κ2) is 8.63. The van der Waals surface area contributed by atoms with Crippen LogP contribution in [0.25, 0.3) is 11.3 Å². The molecule has 0 saturated carbocycles. The molecule has 4 rings (SSSR count). The summed E-state index contributed by atoms with van der Waals surface area (Å²) < 4.78 is 8.22. The zero-order valence-electron chi connectivity index (χ0n) is 16.0. The Morgan fingerprint density at radius 2 is 1.57 bits per heavy atom. The molecule has 4 aromatic rings. The summed E-state index contributed by atoms with van der Waals surface area (Å²) in [6.45, 7) is 3.84. The molecule has 0 N–H and O–H groups in total. The van der Waals surface area contributed by atoms with Crippen LogP contribution in [0.3, 0.4) is 0 Å². The van der Waals surface area contributed by atoms with Crippen molar-refractivity contribution in [1.82, 2.24) is 14.5 Å². The summed E-state index contributed by atoms with van der Waals surface area (Å²) in [5.41, 5.74) is 6.54. The first-order valence-corrected chi connectivity index (χ1v) is 9.42. The fourth-order valence-corrected chi connectivity index (χ4v) is 3.27. The predicted molar refractivity (Wildman–Crippen MR) is 111 cm³/mol. The molecule has 140 valence electrons. The number of rotatable bonds is 7. The Balaban J connectivity index is 1.59. The molecule has 2 aromatic heterocycles. The number of nitrogens with zero attached hydrogens (tertiary/aromatic N) is 3. The van der Waals surface area contributed by atoms with Crippen LogP contribution in [0.15, 0.2) is 85.3 Å². The first-order chi connectivity index (χ1) is 13.8. The monoisotopic (exact) mass is 369 g/mol. The molecule has 0 atom stereocenters. The molecule has 4 nitrogen and oxygen atoms in total. The van der Waals surface area contributed by atoms with E-state index in [1.165, 1.54) is 11.1 Å². The predicted octanol–water partition coefficient (Wildman–Crippen LogP) is 5.02. The Morgan fingerprint density at radius 3 is 2.32 bits per heavy atom. The van der Waals surface area contributed by atoms with Gasteiger partial charge in [-0.25, -0.2) is 4.98 Å². The van der Waals surface area contributed by atoms with Crippen molar-refractivity contribution >= 4 is 0 Å². The van der Waals surface area contributed by atoms with Gasteiger partial charge in [0, 0.05) is 24.0 Å². The highest BCUT2D eigenvalue weighted by Crippen LogP contribution is 2.24. The molecule has 4 heteroatoms. The largest absolute Gasteiger partial charge is 0.370 e. The second-order valence-corrected chi connectivity index (χ2v) is 6.82. The van der Waals surface area contributed by atoms with Gasteiger partial charge < -0.3 is 9.30 Å². The van der Waals surface area contributed by atoms with Crippen LogP contribution >= 0.6 is 0 Å². The Bertz CT molecular complexity index is 1030. The van der Waals surface area contributed by atoms with Crippen molar-refractivity contribution < 1.29 is 4.74 Å². The quantitative estimate of drug-likeness (QED) is 0.459. The van der Waals surface area contributed by atoms with Crippen LogP contribution in [0.2, 0.25) is 0 Å². The van der Waals surface area contributed by atoms with Crippen LogP contribution < -0.4 is 0 Å². The summed E-state index contributed by atoms with van der Waals surface area (Å²) in [6.07, 6.45) is 3.75. The van der Waals surface area contributed by atoms with Gasteiger partial charge >= 0.3 is 0 Å². The molecule has 2 aromatic carbocycles. The Labute approximate surface area is 165 Å². The third-order valence-electron chi connectivity index (χ3n) is 4.66. The number of hydrogen-bond donors (Lipinski definition) is 0. The van der Waals surface area contributed by atoms with E-state index in [1.807, 2.05) is 61.9 Å². The fraction of sp³-hybridized carbons (Fsp3) is 0.167. The number of aryl methyl sites for hydroxylation is 1. The number of aromatic nitrogens is 3. The van der Waals surface area contributed by atoms with E-state index >= 15 is 0 Å². The molecule has 0 unspecified atom stereocenters. The molecular weight excluding hydrogens is 346 g/mol. The highest BCUT2D eigenvalue weighted by Gasteiger charge is 2.13. The summed E-state index contributed by atoms with van der Waals surface area (Å²) in [4.78, 5) is 8.99. The van der Waals surface area contributed by atoms with Gasteiger partial charge in [-0.05, 0) is 30.2 Å². The van der Waals surface area contributed by atoms with Crippen molar-refractivity contribution in [1.29, 1.82) is 0 Å². The number of benzene rings is 2. The second-order valence-electron chi connectivity index (χ2n) is 6.82. The minimum atomic E-state index is 0.503. The van der Waals surface area contributed by atoms with Crippen molar-refractivity contribution in [3.05, 3.63) is 108 Å². The van der Waals surface area contributed by atoms with Gasteiger partial charge in [0.2, 0.25) is 0 Å². The normalized spacial score (nSPS) is 10.9. The lowest BCUT2D eigenvalue weighted by molar-refractivity contribution is 0.103. The highest BCUT2D eigenvalue weighted by molar-refractivity contribution is 5.61. The van der Waals surface area contributed by atoms with Crippen LogP contribution in [0.1, 0.15) is 22.5 Å². The SMILES string of the molecule is Cc1cc(Cn2cnc(-c3ccccc3)c2COCc2ccccc2)ccn1. The Hall–Kier alpha value is -3.24. The van der Waals surface area contributed by atoms with Gasteiger partial charge in [0.1, 0.15) is 0 Å². The summed E-state index contributed by atoms with van der Waals surface area (Å²) in [6, 6.07) is 24.7. The number of pyridine rings is 1. The molecule has 2 heterocycles. The standard InChI is InChI=1S/C24H23N3O/c1-19-14-21(12-13-25-19)15-27-18-26-24(22-10-6-3-7-11-22)23(27)17-28-16-20-8-4-2-5-9-20/h2-14,18H,15-17H2,1H3. The maximum atomic E-state index is 6.06. The first-order valence-electron chi connectivity index (χ1n) is 9.42. The van der Waals surface area contributed by atoms with E-state index in [0.717, 1.165) is 29.2 Å². The van der Waals surface area contributed by atoms with Gasteiger partial charge in [-0.1, -0.05) is 60.7 Å². The minimum absolute atomic E-state index is 0.503. The van der Waals surface area contributed by atoms with Crippen LogP contribution in [-0.4, -0.2) is 14.5 Å². The fourth-order valence-electron chi connectivity index (χ4n) is 3.27. The Kier molecular flexibility index (Phi) is 5.59. The Morgan fingerprint density at radius 1 is 0.821 bits per heavy atom.